The summed E-state index contributed by atoms with van der Waals surface area (Å²) >= 11 is 0. The maximum absolute atomic E-state index is 14.3. The van der Waals surface area contributed by atoms with E-state index in [9.17, 15) is 57.9 Å². The molecule has 338 valence electrons. The highest BCUT2D eigenvalue weighted by atomic mass is 19.4. The second kappa shape index (κ2) is 15.5. The molecule has 0 spiro atoms. The van der Waals surface area contributed by atoms with Crippen LogP contribution >= 0.6 is 0 Å². The predicted octanol–water partition coefficient (Wildman–Crippen LogP) is 15.6. The van der Waals surface area contributed by atoms with E-state index in [0.29, 0.717) is 46.8 Å². The molecule has 0 atom stereocenters. The Morgan fingerprint density at radius 1 is 0.382 bits per heavy atom. The first-order valence-electron chi connectivity index (χ1n) is 20.2. The SMILES string of the molecule is N#Cc1cc(-n2c3ccc(C(F)(F)F)cc3c3cc(C(F)(F)F)ccc32)c(-c2nc(-c3ccccc3)cc(-c3ccccc3)n2)c(-n2c3ccc(C(F)(F)F)cc3c3cc(C(F)(F)F)ccc32)c1. The van der Waals surface area contributed by atoms with Crippen molar-refractivity contribution in [1.29, 1.82) is 5.26 Å². The molecule has 0 saturated carbocycles. The average molecular weight is 936 g/mol. The maximum Gasteiger partial charge on any atom is 0.416 e. The number of alkyl halides is 12. The van der Waals surface area contributed by atoms with E-state index < -0.39 is 47.0 Å². The molecule has 3 heterocycles. The summed E-state index contributed by atoms with van der Waals surface area (Å²) in [5.41, 5.74) is -3.63. The van der Waals surface area contributed by atoms with Crippen LogP contribution in [-0.2, 0) is 24.7 Å². The lowest BCUT2D eigenvalue weighted by molar-refractivity contribution is -0.138. The molecule has 10 rings (SSSR count). The van der Waals surface area contributed by atoms with Crippen LogP contribution in [0.5, 0.6) is 0 Å². The number of aromatic nitrogens is 4. The minimum absolute atomic E-state index is 0.0591. The molecule has 0 N–H and O–H groups in total. The van der Waals surface area contributed by atoms with E-state index in [1.807, 2.05) is 6.07 Å². The van der Waals surface area contributed by atoms with Gasteiger partial charge in [0.15, 0.2) is 5.82 Å². The summed E-state index contributed by atoms with van der Waals surface area (Å²) in [6.07, 6.45) is -19.7. The van der Waals surface area contributed by atoms with E-state index in [1.165, 1.54) is 21.3 Å². The van der Waals surface area contributed by atoms with E-state index in [1.54, 1.807) is 66.7 Å². The van der Waals surface area contributed by atoms with E-state index in [2.05, 4.69) is 0 Å². The summed E-state index contributed by atoms with van der Waals surface area (Å²) in [7, 11) is 0. The van der Waals surface area contributed by atoms with Crippen LogP contribution < -0.4 is 0 Å². The van der Waals surface area contributed by atoms with Crippen molar-refractivity contribution < 1.29 is 52.7 Å². The highest BCUT2D eigenvalue weighted by Crippen LogP contribution is 2.46. The van der Waals surface area contributed by atoms with E-state index >= 15 is 0 Å². The van der Waals surface area contributed by atoms with E-state index in [0.717, 1.165) is 48.5 Å². The Morgan fingerprint density at radius 3 is 0.971 bits per heavy atom. The summed E-state index contributed by atoms with van der Waals surface area (Å²) in [5, 5.41) is 9.61. The summed E-state index contributed by atoms with van der Waals surface area (Å²) in [4.78, 5) is 9.97. The molecule has 7 aromatic carbocycles. The van der Waals surface area contributed by atoms with Crippen molar-refractivity contribution in [2.24, 2.45) is 0 Å². The molecular formula is C51H25F12N5. The third-order valence-corrected chi connectivity index (χ3v) is 11.6. The number of fused-ring (bicyclic) bond motifs is 6. The zero-order valence-electron chi connectivity index (χ0n) is 34.2. The van der Waals surface area contributed by atoms with Crippen molar-refractivity contribution in [2.45, 2.75) is 24.7 Å². The molecule has 0 aliphatic rings. The van der Waals surface area contributed by atoms with E-state index in [-0.39, 0.29) is 71.9 Å². The zero-order chi connectivity index (χ0) is 48.1. The first kappa shape index (κ1) is 43.7. The number of halogens is 12. The van der Waals surface area contributed by atoms with Crippen molar-refractivity contribution in [3.05, 3.63) is 179 Å². The summed E-state index contributed by atoms with van der Waals surface area (Å²) in [5.74, 6) is -0.151. The van der Waals surface area contributed by atoms with Crippen molar-refractivity contribution in [3.8, 4) is 51.3 Å². The van der Waals surface area contributed by atoms with Crippen molar-refractivity contribution in [3.63, 3.8) is 0 Å². The average Bonchev–Trinajstić information content (AvgIpc) is 3.82. The molecule has 5 nitrogen and oxygen atoms in total. The number of hydrogen-bond acceptors (Lipinski definition) is 3. The summed E-state index contributed by atoms with van der Waals surface area (Å²) in [6, 6.07) is 33.8. The smallest absolute Gasteiger partial charge is 0.308 e. The Morgan fingerprint density at radius 2 is 0.691 bits per heavy atom. The second-order valence-corrected chi connectivity index (χ2v) is 15.8. The fourth-order valence-corrected chi connectivity index (χ4v) is 8.60. The number of nitrogens with zero attached hydrogens (tertiary/aromatic N) is 5. The molecule has 0 amide bonds. The van der Waals surface area contributed by atoms with E-state index in [4.69, 9.17) is 9.97 Å². The minimum atomic E-state index is -4.93. The first-order chi connectivity index (χ1) is 32.2. The molecule has 0 fully saturated rings. The van der Waals surface area contributed by atoms with Gasteiger partial charge in [0.2, 0.25) is 0 Å². The molecule has 17 heteroatoms. The number of rotatable bonds is 5. The van der Waals surface area contributed by atoms with Gasteiger partial charge in [0.05, 0.1) is 84.3 Å². The third-order valence-electron chi connectivity index (χ3n) is 11.6. The van der Waals surface area contributed by atoms with Crippen molar-refractivity contribution >= 4 is 43.6 Å². The van der Waals surface area contributed by atoms with Crippen LogP contribution in [0, 0.1) is 11.3 Å². The molecule has 0 aliphatic carbocycles. The Balaban J connectivity index is 1.42. The van der Waals surface area contributed by atoms with Crippen LogP contribution in [0.15, 0.2) is 152 Å². The summed E-state index contributed by atoms with van der Waals surface area (Å²) in [6.45, 7) is 0. The fourth-order valence-electron chi connectivity index (χ4n) is 8.60. The Bertz CT molecular complexity index is 3320. The molecule has 0 aliphatic heterocycles. The van der Waals surface area contributed by atoms with Gasteiger partial charge in [0, 0.05) is 32.7 Å². The molecule has 10 aromatic rings. The third kappa shape index (κ3) is 7.51. The highest BCUT2D eigenvalue weighted by Gasteiger charge is 2.36. The Labute approximate surface area is 375 Å². The molecule has 3 aromatic heterocycles. The molecule has 0 radical (unpaired) electrons. The van der Waals surface area contributed by atoms with Gasteiger partial charge in [-0.2, -0.15) is 57.9 Å². The van der Waals surface area contributed by atoms with Crippen LogP contribution in [0.25, 0.3) is 88.9 Å². The fraction of sp³-hybridized carbons (Fsp3) is 0.0784. The van der Waals surface area contributed by atoms with Gasteiger partial charge in [-0.05, 0) is 91.0 Å². The zero-order valence-corrected chi connectivity index (χ0v) is 34.2. The van der Waals surface area contributed by atoms with Gasteiger partial charge in [0.1, 0.15) is 0 Å². The number of benzene rings is 7. The normalized spacial score (nSPS) is 12.7. The van der Waals surface area contributed by atoms with Gasteiger partial charge in [-0.1, -0.05) is 60.7 Å². The van der Waals surface area contributed by atoms with Crippen LogP contribution in [0.4, 0.5) is 52.7 Å². The van der Waals surface area contributed by atoms with Gasteiger partial charge >= 0.3 is 24.7 Å². The van der Waals surface area contributed by atoms with Gasteiger partial charge in [-0.3, -0.25) is 0 Å². The van der Waals surface area contributed by atoms with Gasteiger partial charge in [0.25, 0.3) is 0 Å². The molecule has 0 unspecified atom stereocenters. The second-order valence-electron chi connectivity index (χ2n) is 15.8. The van der Waals surface area contributed by atoms with Crippen molar-refractivity contribution in [2.75, 3.05) is 0 Å². The van der Waals surface area contributed by atoms with Crippen LogP contribution in [0.2, 0.25) is 0 Å². The standard InChI is InChI=1S/C51H25F12N5/c52-48(53,54)30-11-15-40-34(21-30)35-22-31(49(55,56)57)12-16-41(35)67(40)44-19-27(26-64)20-45(46(44)47-65-38(28-7-3-1-4-8-28)25-39(66-47)29-9-5-2-6-10-29)68-42-17-13-32(50(58,59)60)23-36(42)37-24-33(51(61,62)63)14-18-43(37)68/h1-25H. The van der Waals surface area contributed by atoms with Crippen molar-refractivity contribution in [1.82, 2.24) is 19.1 Å². The van der Waals surface area contributed by atoms with Crippen LogP contribution in [0.3, 0.4) is 0 Å². The Hall–Kier alpha value is -8.13. The minimum Gasteiger partial charge on any atom is -0.308 e. The van der Waals surface area contributed by atoms with Crippen LogP contribution in [0.1, 0.15) is 27.8 Å². The summed E-state index contributed by atoms with van der Waals surface area (Å²) < 4.78 is 175. The molecule has 68 heavy (non-hydrogen) atoms. The lowest BCUT2D eigenvalue weighted by Crippen LogP contribution is -2.09. The monoisotopic (exact) mass is 935 g/mol. The van der Waals surface area contributed by atoms with Crippen LogP contribution in [-0.4, -0.2) is 19.1 Å². The predicted molar refractivity (Wildman–Crippen MR) is 232 cm³/mol. The number of nitriles is 1. The maximum atomic E-state index is 14.3. The lowest BCUT2D eigenvalue weighted by atomic mass is 10.0. The molecule has 0 saturated heterocycles. The largest absolute Gasteiger partial charge is 0.416 e. The van der Waals surface area contributed by atoms with Gasteiger partial charge in [-0.15, -0.1) is 0 Å². The lowest BCUT2D eigenvalue weighted by Gasteiger charge is -2.21. The topological polar surface area (TPSA) is 59.4 Å². The number of hydrogen-bond donors (Lipinski definition) is 0. The van der Waals surface area contributed by atoms with Gasteiger partial charge in [-0.25, -0.2) is 9.97 Å². The first-order valence-corrected chi connectivity index (χ1v) is 20.2. The Kier molecular flexibility index (Phi) is 9.96. The highest BCUT2D eigenvalue weighted by molar-refractivity contribution is 6.12. The molecular weight excluding hydrogens is 911 g/mol. The molecule has 0 bridgehead atoms. The van der Waals surface area contributed by atoms with Gasteiger partial charge < -0.3 is 9.13 Å². The quantitative estimate of drug-likeness (QED) is 0.162.